The molecule has 0 aliphatic heterocycles. The van der Waals surface area contributed by atoms with Gasteiger partial charge in [0.05, 0.1) is 19.0 Å². The summed E-state index contributed by atoms with van der Waals surface area (Å²) in [6.07, 6.45) is 1.74. The Labute approximate surface area is 139 Å². The predicted molar refractivity (Wildman–Crippen MR) is 88.5 cm³/mol. The van der Waals surface area contributed by atoms with E-state index < -0.39 is 0 Å². The molecule has 0 unspecified atom stereocenters. The van der Waals surface area contributed by atoms with Crippen molar-refractivity contribution in [3.63, 3.8) is 0 Å². The Kier molecular flexibility index (Phi) is 5.74. The van der Waals surface area contributed by atoms with Crippen LogP contribution in [0, 0.1) is 6.92 Å². The molecule has 0 saturated heterocycles. The summed E-state index contributed by atoms with van der Waals surface area (Å²) in [7, 11) is 2.02. The second-order valence-electron chi connectivity index (χ2n) is 5.17. The highest BCUT2D eigenvalue weighted by Gasteiger charge is 2.14. The average molecular weight is 366 g/mol. The normalized spacial score (nSPS) is 11.0. The van der Waals surface area contributed by atoms with Crippen LogP contribution in [0.25, 0.3) is 0 Å². The third kappa shape index (κ3) is 4.42. The van der Waals surface area contributed by atoms with Crippen molar-refractivity contribution in [1.82, 2.24) is 14.7 Å². The van der Waals surface area contributed by atoms with Crippen molar-refractivity contribution in [2.75, 3.05) is 13.7 Å². The predicted octanol–water partition coefficient (Wildman–Crippen LogP) is 3.22. The Morgan fingerprint density at radius 2 is 2.05 bits per heavy atom. The van der Waals surface area contributed by atoms with Crippen LogP contribution in [0.1, 0.15) is 28.5 Å². The summed E-state index contributed by atoms with van der Waals surface area (Å²) >= 11 is 3.43. The van der Waals surface area contributed by atoms with Crippen LogP contribution in [0.2, 0.25) is 0 Å². The van der Waals surface area contributed by atoms with Gasteiger partial charge in [-0.05, 0) is 38.6 Å². The maximum absolute atomic E-state index is 11.8. The van der Waals surface area contributed by atoms with Gasteiger partial charge < -0.3 is 4.74 Å². The molecule has 22 heavy (non-hydrogen) atoms. The quantitative estimate of drug-likeness (QED) is 0.737. The molecule has 0 radical (unpaired) electrons. The molecule has 2 aromatic rings. The summed E-state index contributed by atoms with van der Waals surface area (Å²) in [4.78, 5) is 13.9. The molecular weight excluding hydrogens is 346 g/mol. The zero-order chi connectivity index (χ0) is 16.1. The van der Waals surface area contributed by atoms with Gasteiger partial charge in [-0.2, -0.15) is 5.10 Å². The van der Waals surface area contributed by atoms with Gasteiger partial charge in [0, 0.05) is 17.2 Å². The monoisotopic (exact) mass is 365 g/mol. The number of carbonyl (C=O) groups is 1. The highest BCUT2D eigenvalue weighted by Crippen LogP contribution is 2.13. The third-order valence-corrected chi connectivity index (χ3v) is 3.72. The number of ether oxygens (including phenoxy) is 1. The van der Waals surface area contributed by atoms with Crippen LogP contribution in [0.15, 0.2) is 34.9 Å². The largest absolute Gasteiger partial charge is 0.462 e. The van der Waals surface area contributed by atoms with Crippen LogP contribution in [0.4, 0.5) is 0 Å². The number of benzene rings is 1. The Bertz CT molecular complexity index is 637. The van der Waals surface area contributed by atoms with Crippen molar-refractivity contribution in [2.45, 2.75) is 27.1 Å². The Hall–Kier alpha value is -1.66. The van der Waals surface area contributed by atoms with Crippen molar-refractivity contribution < 1.29 is 9.53 Å². The SMILES string of the molecule is CCOC(=O)c1cn(CN(C)Cc2ccc(Br)cc2)nc1C. The smallest absolute Gasteiger partial charge is 0.341 e. The molecule has 0 saturated carbocycles. The number of hydrogen-bond donors (Lipinski definition) is 0. The maximum Gasteiger partial charge on any atom is 0.341 e. The van der Waals surface area contributed by atoms with Crippen molar-refractivity contribution in [3.8, 4) is 0 Å². The van der Waals surface area contributed by atoms with Gasteiger partial charge in [0.1, 0.15) is 5.56 Å². The number of nitrogens with zero attached hydrogens (tertiary/aromatic N) is 3. The molecule has 0 amide bonds. The zero-order valence-electron chi connectivity index (χ0n) is 13.0. The van der Waals surface area contributed by atoms with Gasteiger partial charge in [-0.3, -0.25) is 9.58 Å². The molecule has 2 rings (SSSR count). The van der Waals surface area contributed by atoms with E-state index in [9.17, 15) is 4.79 Å². The van der Waals surface area contributed by atoms with Crippen LogP contribution in [-0.2, 0) is 18.0 Å². The Balaban J connectivity index is 1.99. The molecule has 1 aromatic heterocycles. The first-order valence-electron chi connectivity index (χ1n) is 7.13. The van der Waals surface area contributed by atoms with Gasteiger partial charge in [-0.25, -0.2) is 4.79 Å². The lowest BCUT2D eigenvalue weighted by molar-refractivity contribution is 0.0525. The van der Waals surface area contributed by atoms with Crippen molar-refractivity contribution in [1.29, 1.82) is 0 Å². The summed E-state index contributed by atoms with van der Waals surface area (Å²) in [5, 5.41) is 4.38. The van der Waals surface area contributed by atoms with E-state index in [-0.39, 0.29) is 5.97 Å². The molecule has 1 heterocycles. The summed E-state index contributed by atoms with van der Waals surface area (Å²) in [5.74, 6) is -0.318. The summed E-state index contributed by atoms with van der Waals surface area (Å²) < 4.78 is 7.86. The van der Waals surface area contributed by atoms with Crippen LogP contribution >= 0.6 is 15.9 Å². The van der Waals surface area contributed by atoms with E-state index >= 15 is 0 Å². The standard InChI is InChI=1S/C16H20BrN3O2/c1-4-22-16(21)15-10-20(18-12(15)2)11-19(3)9-13-5-7-14(17)8-6-13/h5-8,10H,4,9,11H2,1-3H3. The van der Waals surface area contributed by atoms with Gasteiger partial charge in [-0.1, -0.05) is 28.1 Å². The number of halogens is 1. The van der Waals surface area contributed by atoms with E-state index in [1.54, 1.807) is 17.8 Å². The maximum atomic E-state index is 11.8. The molecule has 5 nitrogen and oxygen atoms in total. The van der Waals surface area contributed by atoms with E-state index in [1.807, 2.05) is 26.1 Å². The van der Waals surface area contributed by atoms with Gasteiger partial charge in [0.2, 0.25) is 0 Å². The summed E-state index contributed by atoms with van der Waals surface area (Å²) in [6, 6.07) is 8.22. The number of hydrogen-bond acceptors (Lipinski definition) is 4. The van der Waals surface area contributed by atoms with E-state index in [1.165, 1.54) is 5.56 Å². The van der Waals surface area contributed by atoms with Crippen molar-refractivity contribution in [2.24, 2.45) is 0 Å². The van der Waals surface area contributed by atoms with Crippen LogP contribution in [0.3, 0.4) is 0 Å². The molecular formula is C16H20BrN3O2. The highest BCUT2D eigenvalue weighted by atomic mass is 79.9. The first-order valence-corrected chi connectivity index (χ1v) is 7.93. The number of aromatic nitrogens is 2. The molecule has 0 fully saturated rings. The van der Waals surface area contributed by atoms with E-state index in [4.69, 9.17) is 4.74 Å². The van der Waals surface area contributed by atoms with Crippen LogP contribution in [0.5, 0.6) is 0 Å². The molecule has 118 valence electrons. The van der Waals surface area contributed by atoms with Gasteiger partial charge in [-0.15, -0.1) is 0 Å². The Morgan fingerprint density at radius 3 is 2.68 bits per heavy atom. The van der Waals surface area contributed by atoms with Crippen molar-refractivity contribution in [3.05, 3.63) is 51.8 Å². The molecule has 6 heteroatoms. The third-order valence-electron chi connectivity index (χ3n) is 3.19. The number of carbonyl (C=O) groups excluding carboxylic acids is 1. The minimum absolute atomic E-state index is 0.318. The molecule has 0 atom stereocenters. The van der Waals surface area contributed by atoms with E-state index in [2.05, 4.69) is 38.1 Å². The number of aryl methyl sites for hydroxylation is 1. The van der Waals surface area contributed by atoms with Crippen LogP contribution < -0.4 is 0 Å². The van der Waals surface area contributed by atoms with E-state index in [0.29, 0.717) is 24.5 Å². The van der Waals surface area contributed by atoms with Gasteiger partial charge >= 0.3 is 5.97 Å². The minimum atomic E-state index is -0.318. The lowest BCUT2D eigenvalue weighted by Crippen LogP contribution is -2.22. The Morgan fingerprint density at radius 1 is 1.36 bits per heavy atom. The van der Waals surface area contributed by atoms with E-state index in [0.717, 1.165) is 11.0 Å². The first kappa shape index (κ1) is 16.7. The topological polar surface area (TPSA) is 47.4 Å². The van der Waals surface area contributed by atoms with Gasteiger partial charge in [0.25, 0.3) is 0 Å². The zero-order valence-corrected chi connectivity index (χ0v) is 14.6. The number of esters is 1. The molecule has 0 aliphatic carbocycles. The first-order chi connectivity index (χ1) is 10.5. The fourth-order valence-electron chi connectivity index (χ4n) is 2.20. The summed E-state index contributed by atoms with van der Waals surface area (Å²) in [6.45, 7) is 5.39. The second kappa shape index (κ2) is 7.56. The molecule has 1 aromatic carbocycles. The lowest BCUT2D eigenvalue weighted by atomic mass is 10.2. The second-order valence-corrected chi connectivity index (χ2v) is 6.09. The van der Waals surface area contributed by atoms with Gasteiger partial charge in [0.15, 0.2) is 0 Å². The molecule has 0 aliphatic rings. The average Bonchev–Trinajstić information content (AvgIpc) is 2.82. The molecule has 0 bridgehead atoms. The van der Waals surface area contributed by atoms with Crippen LogP contribution in [-0.4, -0.2) is 34.3 Å². The lowest BCUT2D eigenvalue weighted by Gasteiger charge is -2.16. The fourth-order valence-corrected chi connectivity index (χ4v) is 2.46. The number of rotatable bonds is 6. The molecule has 0 spiro atoms. The van der Waals surface area contributed by atoms with Crippen molar-refractivity contribution >= 4 is 21.9 Å². The molecule has 0 N–H and O–H groups in total. The summed E-state index contributed by atoms with van der Waals surface area (Å²) in [5.41, 5.74) is 2.44. The minimum Gasteiger partial charge on any atom is -0.462 e. The fraction of sp³-hybridized carbons (Fsp3) is 0.375. The highest BCUT2D eigenvalue weighted by molar-refractivity contribution is 9.10.